The number of hydrogen-bond acceptors (Lipinski definition) is 6. The SMILES string of the molecule is NCc1ccc(NC(=O)C[C@H]2OCCN(c3cccc(N4CCOCC4=O)c3)C2=O)cc1. The van der Waals surface area contributed by atoms with Crippen molar-refractivity contribution in [1.29, 1.82) is 0 Å². The highest BCUT2D eigenvalue weighted by Gasteiger charge is 2.33. The molecule has 2 aliphatic heterocycles. The molecule has 2 aliphatic rings. The smallest absolute Gasteiger partial charge is 0.256 e. The monoisotopic (exact) mass is 438 g/mol. The van der Waals surface area contributed by atoms with Crippen molar-refractivity contribution >= 4 is 34.8 Å². The molecule has 2 aromatic carbocycles. The van der Waals surface area contributed by atoms with Crippen molar-refractivity contribution < 1.29 is 23.9 Å². The molecule has 168 valence electrons. The topological polar surface area (TPSA) is 114 Å². The van der Waals surface area contributed by atoms with Crippen LogP contribution in [0.25, 0.3) is 0 Å². The van der Waals surface area contributed by atoms with Crippen LogP contribution in [-0.4, -0.2) is 56.7 Å². The minimum atomic E-state index is -0.874. The molecule has 2 aromatic rings. The molecule has 1 atom stereocenters. The Hall–Kier alpha value is -3.27. The normalized spacial score (nSPS) is 19.2. The molecule has 2 heterocycles. The van der Waals surface area contributed by atoms with Crippen LogP contribution in [0.3, 0.4) is 0 Å². The van der Waals surface area contributed by atoms with E-state index in [0.29, 0.717) is 49.9 Å². The molecular weight excluding hydrogens is 412 g/mol. The quantitative estimate of drug-likeness (QED) is 0.702. The molecule has 9 nitrogen and oxygen atoms in total. The lowest BCUT2D eigenvalue weighted by Gasteiger charge is -2.33. The number of amides is 3. The molecule has 4 rings (SSSR count). The highest BCUT2D eigenvalue weighted by atomic mass is 16.5. The van der Waals surface area contributed by atoms with Gasteiger partial charge in [-0.25, -0.2) is 0 Å². The van der Waals surface area contributed by atoms with Gasteiger partial charge in [-0.1, -0.05) is 18.2 Å². The summed E-state index contributed by atoms with van der Waals surface area (Å²) >= 11 is 0. The first-order valence-electron chi connectivity index (χ1n) is 10.5. The number of nitrogens with zero attached hydrogens (tertiary/aromatic N) is 2. The number of rotatable bonds is 6. The summed E-state index contributed by atoms with van der Waals surface area (Å²) < 4.78 is 10.8. The average Bonchev–Trinajstić information content (AvgIpc) is 2.81. The second kappa shape index (κ2) is 9.90. The minimum absolute atomic E-state index is 0.0485. The summed E-state index contributed by atoms with van der Waals surface area (Å²) in [5.41, 5.74) is 8.56. The lowest BCUT2D eigenvalue weighted by Crippen LogP contribution is -2.49. The van der Waals surface area contributed by atoms with Gasteiger partial charge in [-0.15, -0.1) is 0 Å². The van der Waals surface area contributed by atoms with Gasteiger partial charge in [0, 0.05) is 36.7 Å². The van der Waals surface area contributed by atoms with Crippen LogP contribution in [0.2, 0.25) is 0 Å². The van der Waals surface area contributed by atoms with E-state index < -0.39 is 6.10 Å². The van der Waals surface area contributed by atoms with Gasteiger partial charge in [0.1, 0.15) is 12.7 Å². The van der Waals surface area contributed by atoms with Crippen LogP contribution in [0.1, 0.15) is 12.0 Å². The van der Waals surface area contributed by atoms with E-state index >= 15 is 0 Å². The first-order chi connectivity index (χ1) is 15.5. The second-order valence-corrected chi connectivity index (χ2v) is 7.62. The first-order valence-corrected chi connectivity index (χ1v) is 10.5. The summed E-state index contributed by atoms with van der Waals surface area (Å²) in [7, 11) is 0. The minimum Gasteiger partial charge on any atom is -0.370 e. The number of carbonyl (C=O) groups excluding carboxylic acids is 3. The van der Waals surface area contributed by atoms with E-state index in [0.717, 1.165) is 5.56 Å². The summed E-state index contributed by atoms with van der Waals surface area (Å²) in [4.78, 5) is 40.9. The summed E-state index contributed by atoms with van der Waals surface area (Å²) in [5.74, 6) is -0.704. The van der Waals surface area contributed by atoms with Gasteiger partial charge in [0.05, 0.1) is 19.6 Å². The molecule has 0 spiro atoms. The maximum absolute atomic E-state index is 13.1. The zero-order valence-corrected chi connectivity index (χ0v) is 17.7. The van der Waals surface area contributed by atoms with Gasteiger partial charge in [-0.05, 0) is 35.9 Å². The lowest BCUT2D eigenvalue weighted by molar-refractivity contribution is -0.137. The molecule has 32 heavy (non-hydrogen) atoms. The second-order valence-electron chi connectivity index (χ2n) is 7.62. The van der Waals surface area contributed by atoms with Crippen molar-refractivity contribution in [3.05, 3.63) is 54.1 Å². The van der Waals surface area contributed by atoms with Crippen molar-refractivity contribution in [2.45, 2.75) is 19.1 Å². The van der Waals surface area contributed by atoms with E-state index in [1.165, 1.54) is 0 Å². The number of nitrogens with two attached hydrogens (primary N) is 1. The van der Waals surface area contributed by atoms with Crippen molar-refractivity contribution in [3.8, 4) is 0 Å². The highest BCUT2D eigenvalue weighted by Crippen LogP contribution is 2.26. The van der Waals surface area contributed by atoms with Gasteiger partial charge < -0.3 is 30.3 Å². The van der Waals surface area contributed by atoms with Crippen molar-refractivity contribution in [2.75, 3.05) is 48.0 Å². The maximum Gasteiger partial charge on any atom is 0.256 e. The van der Waals surface area contributed by atoms with Gasteiger partial charge in [-0.3, -0.25) is 14.4 Å². The van der Waals surface area contributed by atoms with Gasteiger partial charge in [0.2, 0.25) is 5.91 Å². The maximum atomic E-state index is 13.1. The molecule has 0 radical (unpaired) electrons. The third kappa shape index (κ3) is 4.96. The van der Waals surface area contributed by atoms with Gasteiger partial charge >= 0.3 is 0 Å². The molecular formula is C23H26N4O5. The number of carbonyl (C=O) groups is 3. The molecule has 3 amide bonds. The van der Waals surface area contributed by atoms with E-state index in [-0.39, 0.29) is 30.7 Å². The predicted octanol–water partition coefficient (Wildman–Crippen LogP) is 1.27. The number of anilines is 3. The van der Waals surface area contributed by atoms with Crippen LogP contribution in [0.5, 0.6) is 0 Å². The Morgan fingerprint density at radius 2 is 1.75 bits per heavy atom. The van der Waals surface area contributed by atoms with Crippen LogP contribution < -0.4 is 20.9 Å². The van der Waals surface area contributed by atoms with Crippen molar-refractivity contribution in [3.63, 3.8) is 0 Å². The molecule has 2 fully saturated rings. The van der Waals surface area contributed by atoms with Gasteiger partial charge in [0.15, 0.2) is 0 Å². The highest BCUT2D eigenvalue weighted by molar-refractivity contribution is 6.02. The Bertz CT molecular complexity index is 994. The average molecular weight is 438 g/mol. The summed E-state index contributed by atoms with van der Waals surface area (Å²) in [5, 5.41) is 2.79. The van der Waals surface area contributed by atoms with Gasteiger partial charge in [0.25, 0.3) is 11.8 Å². The standard InChI is InChI=1S/C23H26N4O5/c24-14-16-4-6-17(7-5-16)25-21(28)13-20-23(30)27(9-11-32-20)19-3-1-2-18(12-19)26-8-10-31-15-22(26)29/h1-7,12,20H,8-11,13-15,24H2,(H,25,28)/t20-/m1/s1. The third-order valence-corrected chi connectivity index (χ3v) is 5.46. The zero-order chi connectivity index (χ0) is 22.5. The Morgan fingerprint density at radius 1 is 1.03 bits per heavy atom. The van der Waals surface area contributed by atoms with E-state index in [9.17, 15) is 14.4 Å². The Labute approximate surface area is 186 Å². The molecule has 0 aliphatic carbocycles. The summed E-state index contributed by atoms with van der Waals surface area (Å²) in [6, 6.07) is 14.5. The van der Waals surface area contributed by atoms with E-state index in [2.05, 4.69) is 5.32 Å². The third-order valence-electron chi connectivity index (χ3n) is 5.46. The van der Waals surface area contributed by atoms with Gasteiger partial charge in [-0.2, -0.15) is 0 Å². The molecule has 2 saturated heterocycles. The zero-order valence-electron chi connectivity index (χ0n) is 17.7. The lowest BCUT2D eigenvalue weighted by atomic mass is 10.1. The number of benzene rings is 2. The van der Waals surface area contributed by atoms with Crippen molar-refractivity contribution in [2.24, 2.45) is 5.73 Å². The van der Waals surface area contributed by atoms with Crippen LogP contribution in [0.4, 0.5) is 17.1 Å². The molecule has 0 bridgehead atoms. The van der Waals surface area contributed by atoms with E-state index in [1.807, 2.05) is 36.4 Å². The number of ether oxygens (including phenoxy) is 2. The Balaban J connectivity index is 1.42. The molecule has 9 heteroatoms. The fourth-order valence-electron chi connectivity index (χ4n) is 3.77. The first kappa shape index (κ1) is 21.9. The van der Waals surface area contributed by atoms with Crippen LogP contribution in [0, 0.1) is 0 Å². The Kier molecular flexibility index (Phi) is 6.79. The molecule has 3 N–H and O–H groups in total. The van der Waals surface area contributed by atoms with E-state index in [4.69, 9.17) is 15.2 Å². The van der Waals surface area contributed by atoms with Crippen LogP contribution in [0.15, 0.2) is 48.5 Å². The summed E-state index contributed by atoms with van der Waals surface area (Å²) in [6.45, 7) is 2.10. The number of nitrogens with one attached hydrogen (secondary N) is 1. The van der Waals surface area contributed by atoms with Crippen LogP contribution in [-0.2, 0) is 30.4 Å². The predicted molar refractivity (Wildman–Crippen MR) is 119 cm³/mol. The molecule has 0 aromatic heterocycles. The molecule has 0 unspecified atom stereocenters. The van der Waals surface area contributed by atoms with Crippen LogP contribution >= 0.6 is 0 Å². The Morgan fingerprint density at radius 3 is 2.47 bits per heavy atom. The fourth-order valence-corrected chi connectivity index (χ4v) is 3.77. The van der Waals surface area contributed by atoms with Crippen molar-refractivity contribution in [1.82, 2.24) is 0 Å². The van der Waals surface area contributed by atoms with E-state index in [1.54, 1.807) is 21.9 Å². The number of morpholine rings is 2. The largest absolute Gasteiger partial charge is 0.370 e. The summed E-state index contributed by atoms with van der Waals surface area (Å²) in [6.07, 6.45) is -0.962. The molecule has 0 saturated carbocycles. The fraction of sp³-hybridized carbons (Fsp3) is 0.348. The number of hydrogen-bond donors (Lipinski definition) is 2.